The Morgan fingerprint density at radius 3 is 2.29 bits per heavy atom. The molecule has 2 aliphatic carbocycles. The summed E-state index contributed by atoms with van der Waals surface area (Å²) >= 11 is 0. The van der Waals surface area contributed by atoms with Crippen LogP contribution in [0.2, 0.25) is 0 Å². The molecule has 184 valence electrons. The number of carboxylic acid groups (broad SMARTS) is 1. The first-order valence-electron chi connectivity index (χ1n) is 12.6. The number of nitrogens with one attached hydrogen (secondary N) is 1. The summed E-state index contributed by atoms with van der Waals surface area (Å²) in [6.07, 6.45) is 2.78. The third-order valence-electron chi connectivity index (χ3n) is 7.99. The first kappa shape index (κ1) is 23.4. The molecule has 0 bridgehead atoms. The SMILES string of the molecule is C[C@@H]1C[C@H](C(=O)O)CCN1C(=O)C1CCCC1NC(=O)OCC1c2ccccc2-c2ccccc21. The summed E-state index contributed by atoms with van der Waals surface area (Å²) in [5, 5.41) is 12.3. The van der Waals surface area contributed by atoms with E-state index >= 15 is 0 Å². The van der Waals surface area contributed by atoms with Crippen LogP contribution in [-0.4, -0.2) is 53.2 Å². The van der Waals surface area contributed by atoms with E-state index in [2.05, 4.69) is 29.6 Å². The molecule has 1 heterocycles. The summed E-state index contributed by atoms with van der Waals surface area (Å²) in [4.78, 5) is 39.2. The van der Waals surface area contributed by atoms with Crippen molar-refractivity contribution in [3.8, 4) is 11.1 Å². The molecule has 2 N–H and O–H groups in total. The van der Waals surface area contributed by atoms with E-state index in [1.165, 1.54) is 11.1 Å². The maximum absolute atomic E-state index is 13.3. The monoisotopic (exact) mass is 476 g/mol. The van der Waals surface area contributed by atoms with Crippen LogP contribution in [-0.2, 0) is 14.3 Å². The molecule has 2 aromatic carbocycles. The highest BCUT2D eigenvalue weighted by Crippen LogP contribution is 2.44. The lowest BCUT2D eigenvalue weighted by Gasteiger charge is -2.38. The molecule has 2 aromatic rings. The molecule has 1 saturated heterocycles. The number of carboxylic acids is 1. The van der Waals surface area contributed by atoms with E-state index in [1.54, 1.807) is 0 Å². The average molecular weight is 477 g/mol. The maximum atomic E-state index is 13.3. The Kier molecular flexibility index (Phi) is 6.50. The van der Waals surface area contributed by atoms with Crippen LogP contribution < -0.4 is 5.32 Å². The molecule has 2 amide bonds. The number of likely N-dealkylation sites (tertiary alicyclic amines) is 1. The zero-order valence-electron chi connectivity index (χ0n) is 20.0. The molecule has 2 fully saturated rings. The first-order chi connectivity index (χ1) is 16.9. The van der Waals surface area contributed by atoms with E-state index in [0.717, 1.165) is 30.4 Å². The van der Waals surface area contributed by atoms with Gasteiger partial charge in [-0.25, -0.2) is 4.79 Å². The van der Waals surface area contributed by atoms with Gasteiger partial charge in [-0.15, -0.1) is 0 Å². The van der Waals surface area contributed by atoms with E-state index in [4.69, 9.17) is 4.74 Å². The van der Waals surface area contributed by atoms with Crippen LogP contribution in [0, 0.1) is 11.8 Å². The average Bonchev–Trinajstić information content (AvgIpc) is 3.44. The van der Waals surface area contributed by atoms with Gasteiger partial charge in [-0.2, -0.15) is 0 Å². The number of hydrogen-bond acceptors (Lipinski definition) is 4. The molecule has 7 heteroatoms. The summed E-state index contributed by atoms with van der Waals surface area (Å²) in [7, 11) is 0. The van der Waals surface area contributed by atoms with Crippen molar-refractivity contribution in [3.63, 3.8) is 0 Å². The predicted molar refractivity (Wildman–Crippen MR) is 131 cm³/mol. The van der Waals surface area contributed by atoms with Gasteiger partial charge < -0.3 is 20.1 Å². The lowest BCUT2D eigenvalue weighted by molar-refractivity contribution is -0.149. The van der Waals surface area contributed by atoms with Gasteiger partial charge >= 0.3 is 12.1 Å². The number of aliphatic carboxylic acids is 1. The number of nitrogens with zero attached hydrogens (tertiary/aromatic N) is 1. The number of rotatable bonds is 5. The quantitative estimate of drug-likeness (QED) is 0.667. The largest absolute Gasteiger partial charge is 0.481 e. The van der Waals surface area contributed by atoms with Gasteiger partial charge in [0.1, 0.15) is 6.61 Å². The highest BCUT2D eigenvalue weighted by molar-refractivity contribution is 5.82. The first-order valence-corrected chi connectivity index (χ1v) is 12.6. The fraction of sp³-hybridized carbons (Fsp3) is 0.464. The summed E-state index contributed by atoms with van der Waals surface area (Å²) in [6, 6.07) is 16.0. The van der Waals surface area contributed by atoms with Gasteiger partial charge in [0, 0.05) is 24.5 Å². The molecule has 5 rings (SSSR count). The summed E-state index contributed by atoms with van der Waals surface area (Å²) in [5.41, 5.74) is 4.68. The second-order valence-corrected chi connectivity index (χ2v) is 10.1. The predicted octanol–water partition coefficient (Wildman–Crippen LogP) is 4.41. The fourth-order valence-corrected chi connectivity index (χ4v) is 6.16. The van der Waals surface area contributed by atoms with Gasteiger partial charge in [-0.1, -0.05) is 55.0 Å². The van der Waals surface area contributed by atoms with Crippen molar-refractivity contribution < 1.29 is 24.2 Å². The van der Waals surface area contributed by atoms with E-state index in [9.17, 15) is 19.5 Å². The molecule has 1 aliphatic heterocycles. The number of carbonyl (C=O) groups is 3. The van der Waals surface area contributed by atoms with Crippen molar-refractivity contribution in [2.75, 3.05) is 13.2 Å². The van der Waals surface area contributed by atoms with E-state index < -0.39 is 18.0 Å². The summed E-state index contributed by atoms with van der Waals surface area (Å²) < 4.78 is 5.70. The minimum absolute atomic E-state index is 0.00876. The van der Waals surface area contributed by atoms with Gasteiger partial charge in [0.05, 0.1) is 11.8 Å². The maximum Gasteiger partial charge on any atom is 0.407 e. The molecular weight excluding hydrogens is 444 g/mol. The van der Waals surface area contributed by atoms with Crippen LogP contribution in [0.25, 0.3) is 11.1 Å². The van der Waals surface area contributed by atoms with Gasteiger partial charge in [0.2, 0.25) is 5.91 Å². The third-order valence-corrected chi connectivity index (χ3v) is 7.99. The van der Waals surface area contributed by atoms with E-state index in [-0.39, 0.29) is 36.4 Å². The second-order valence-electron chi connectivity index (χ2n) is 10.1. The molecule has 2 unspecified atom stereocenters. The molecule has 7 nitrogen and oxygen atoms in total. The molecule has 0 aromatic heterocycles. The number of ether oxygens (including phenoxy) is 1. The van der Waals surface area contributed by atoms with Crippen molar-refractivity contribution in [2.45, 2.75) is 57.0 Å². The second kappa shape index (κ2) is 9.72. The topological polar surface area (TPSA) is 95.9 Å². The number of fused-ring (bicyclic) bond motifs is 3. The van der Waals surface area contributed by atoms with Crippen LogP contribution >= 0.6 is 0 Å². The zero-order valence-corrected chi connectivity index (χ0v) is 20.0. The lowest BCUT2D eigenvalue weighted by Crippen LogP contribution is -2.51. The smallest absolute Gasteiger partial charge is 0.407 e. The van der Waals surface area contributed by atoms with E-state index in [1.807, 2.05) is 36.1 Å². The van der Waals surface area contributed by atoms with Crippen LogP contribution in [0.3, 0.4) is 0 Å². The number of benzene rings is 2. The van der Waals surface area contributed by atoms with Gasteiger partial charge in [-0.3, -0.25) is 9.59 Å². The Morgan fingerprint density at radius 1 is 1.00 bits per heavy atom. The molecule has 0 radical (unpaired) electrons. The van der Waals surface area contributed by atoms with Gasteiger partial charge in [0.15, 0.2) is 0 Å². The Hall–Kier alpha value is -3.35. The summed E-state index contributed by atoms with van der Waals surface area (Å²) in [6.45, 7) is 2.60. The Bertz CT molecular complexity index is 1090. The van der Waals surface area contributed by atoms with Gasteiger partial charge in [-0.05, 0) is 54.9 Å². The Balaban J connectivity index is 1.20. The molecule has 4 atom stereocenters. The number of carbonyl (C=O) groups excluding carboxylic acids is 2. The van der Waals surface area contributed by atoms with Crippen molar-refractivity contribution in [1.82, 2.24) is 10.2 Å². The van der Waals surface area contributed by atoms with E-state index in [0.29, 0.717) is 19.4 Å². The number of hydrogen-bond donors (Lipinski definition) is 2. The fourth-order valence-electron chi connectivity index (χ4n) is 6.16. The Labute approximate surface area is 205 Å². The highest BCUT2D eigenvalue weighted by atomic mass is 16.5. The minimum Gasteiger partial charge on any atom is -0.481 e. The van der Waals surface area contributed by atoms with Crippen LogP contribution in [0.1, 0.15) is 56.1 Å². The Morgan fingerprint density at radius 2 is 1.66 bits per heavy atom. The molecule has 35 heavy (non-hydrogen) atoms. The number of piperidine rings is 1. The molecule has 0 spiro atoms. The summed E-state index contributed by atoms with van der Waals surface area (Å²) in [5.74, 6) is -1.47. The molecule has 1 saturated carbocycles. The van der Waals surface area contributed by atoms with Crippen molar-refractivity contribution in [1.29, 1.82) is 0 Å². The van der Waals surface area contributed by atoms with Crippen molar-refractivity contribution in [2.24, 2.45) is 11.8 Å². The molecule has 3 aliphatic rings. The minimum atomic E-state index is -0.792. The van der Waals surface area contributed by atoms with Crippen molar-refractivity contribution in [3.05, 3.63) is 59.7 Å². The van der Waals surface area contributed by atoms with Crippen molar-refractivity contribution >= 4 is 18.0 Å². The normalized spacial score (nSPS) is 25.6. The standard InChI is InChI=1S/C28H32N2O5/c1-17-15-18(27(32)33)13-14-30(17)26(31)23-11-6-12-25(23)29-28(34)35-16-24-21-9-4-2-7-19(21)20-8-3-5-10-22(20)24/h2-5,7-10,17-18,23-25H,6,11-16H2,1H3,(H,29,34)(H,32,33)/t17-,18-,23?,25?/m1/s1. The van der Waals surface area contributed by atoms with Crippen LogP contribution in [0.5, 0.6) is 0 Å². The van der Waals surface area contributed by atoms with Gasteiger partial charge in [0.25, 0.3) is 0 Å². The third kappa shape index (κ3) is 4.51. The number of alkyl carbamates (subject to hydrolysis) is 1. The zero-order chi connectivity index (χ0) is 24.5. The number of amides is 2. The van der Waals surface area contributed by atoms with Crippen LogP contribution in [0.15, 0.2) is 48.5 Å². The van der Waals surface area contributed by atoms with Crippen LogP contribution in [0.4, 0.5) is 4.79 Å². The molecular formula is C28H32N2O5. The lowest BCUT2D eigenvalue weighted by atomic mass is 9.90. The highest BCUT2D eigenvalue weighted by Gasteiger charge is 2.40.